The quantitative estimate of drug-likeness (QED) is 0.182. The predicted octanol–water partition coefficient (Wildman–Crippen LogP) is 2.30. The number of hydrogen-bond acceptors (Lipinski definition) is 7. The molecule has 166 valence electrons. The second kappa shape index (κ2) is 15.2. The van der Waals surface area contributed by atoms with Gasteiger partial charge in [0.05, 0.1) is 13.2 Å². The van der Waals surface area contributed by atoms with Crippen LogP contribution in [0.5, 0.6) is 5.75 Å². The van der Waals surface area contributed by atoms with E-state index >= 15 is 0 Å². The van der Waals surface area contributed by atoms with Gasteiger partial charge in [-0.15, -0.1) is 0 Å². The zero-order valence-electron chi connectivity index (χ0n) is 17.8. The molecule has 30 heavy (non-hydrogen) atoms. The number of Topliss-reactive ketones (excluding diaryl/α,β-unsaturated/α-hetero) is 1. The number of amides is 1. The van der Waals surface area contributed by atoms with Crippen LogP contribution < -0.4 is 15.4 Å². The fraction of sp³-hybridized carbons (Fsp3) is 0.600. The first kappa shape index (κ1) is 25.4. The molecule has 1 unspecified atom stereocenters. The summed E-state index contributed by atoms with van der Waals surface area (Å²) in [6.07, 6.45) is -0.864. The van der Waals surface area contributed by atoms with Gasteiger partial charge in [-0.25, -0.2) is 0 Å². The molecule has 0 fully saturated rings. The Morgan fingerprint density at radius 2 is 2.03 bits per heavy atom. The summed E-state index contributed by atoms with van der Waals surface area (Å²) in [4.78, 5) is 26.4. The van der Waals surface area contributed by atoms with Gasteiger partial charge in [-0.1, -0.05) is 32.0 Å². The summed E-state index contributed by atoms with van der Waals surface area (Å²) < 4.78 is 16.3. The number of likely N-dealkylation sites (N-methyl/N-ethyl adjacent to an activating group) is 1. The molecule has 1 rings (SSSR count). The van der Waals surface area contributed by atoms with E-state index in [0.717, 1.165) is 6.54 Å². The number of ether oxygens (including phenoxy) is 3. The van der Waals surface area contributed by atoms with Crippen molar-refractivity contribution in [2.24, 2.45) is 11.0 Å². The second-order valence-corrected chi connectivity index (χ2v) is 6.65. The lowest BCUT2D eigenvalue weighted by Crippen LogP contribution is -2.31. The van der Waals surface area contributed by atoms with Crippen molar-refractivity contribution in [1.29, 1.82) is 0 Å². The molecule has 0 radical (unpaired) electrons. The van der Waals surface area contributed by atoms with Crippen molar-refractivity contribution >= 4 is 11.7 Å². The van der Waals surface area contributed by atoms with Crippen LogP contribution in [0.4, 0.5) is 0 Å². The minimum atomic E-state index is -0.864. The molecule has 0 aliphatic rings. The molecular weight excluding hydrogens is 390 g/mol. The minimum Gasteiger partial charge on any atom is -0.491 e. The molecule has 0 aliphatic heterocycles. The highest BCUT2D eigenvalue weighted by Gasteiger charge is 2.11. The molecule has 0 spiro atoms. The highest BCUT2D eigenvalue weighted by Crippen LogP contribution is 2.14. The number of ketones is 1. The van der Waals surface area contributed by atoms with Crippen LogP contribution in [0.15, 0.2) is 29.4 Å². The molecule has 1 aromatic rings. The van der Waals surface area contributed by atoms with Crippen LogP contribution in [0, 0.1) is 5.92 Å². The summed E-state index contributed by atoms with van der Waals surface area (Å²) in [5, 5.41) is 9.48. The van der Waals surface area contributed by atoms with E-state index in [1.165, 1.54) is 0 Å². The molecule has 0 aromatic heterocycles. The highest BCUT2D eigenvalue weighted by atomic mass is 16.6. The third-order valence-electron chi connectivity index (χ3n) is 3.93. The number of nitrogens with zero attached hydrogens (tertiary/aromatic N) is 3. The van der Waals surface area contributed by atoms with Gasteiger partial charge in [0.1, 0.15) is 19.0 Å². The summed E-state index contributed by atoms with van der Waals surface area (Å²) in [5.41, 5.74) is 9.16. The van der Waals surface area contributed by atoms with Crippen molar-refractivity contribution in [3.63, 3.8) is 0 Å². The summed E-state index contributed by atoms with van der Waals surface area (Å²) >= 11 is 0. The molecule has 1 aromatic carbocycles. The molecule has 1 amide bonds. The molecule has 10 heteroatoms. The predicted molar refractivity (Wildman–Crippen MR) is 112 cm³/mol. The van der Waals surface area contributed by atoms with Crippen LogP contribution in [0.3, 0.4) is 0 Å². The van der Waals surface area contributed by atoms with Crippen LogP contribution in [-0.2, 0) is 14.3 Å². The Labute approximate surface area is 176 Å². The lowest BCUT2D eigenvalue weighted by Gasteiger charge is -2.15. The number of benzene rings is 1. The lowest BCUT2D eigenvalue weighted by molar-refractivity contribution is -0.127. The zero-order chi connectivity index (χ0) is 22.2. The minimum absolute atomic E-state index is 0.00970. The molecule has 10 nitrogen and oxygen atoms in total. The number of rotatable bonds is 16. The molecule has 1 atom stereocenters. The normalized spacial score (nSPS) is 11.6. The maximum Gasteiger partial charge on any atom is 0.251 e. The Balaban J connectivity index is 2.43. The lowest BCUT2D eigenvalue weighted by atomic mass is 10.1. The molecule has 2 N–H and O–H groups in total. The fourth-order valence-electron chi connectivity index (χ4n) is 2.19. The molecule has 0 saturated carbocycles. The average molecular weight is 421 g/mol. The van der Waals surface area contributed by atoms with E-state index in [1.54, 1.807) is 38.1 Å². The van der Waals surface area contributed by atoms with Crippen molar-refractivity contribution in [1.82, 2.24) is 10.6 Å². The first-order valence-corrected chi connectivity index (χ1v) is 9.96. The Hall–Kier alpha value is -2.65. The first-order valence-electron chi connectivity index (χ1n) is 9.96. The largest absolute Gasteiger partial charge is 0.491 e. The van der Waals surface area contributed by atoms with Gasteiger partial charge in [-0.05, 0) is 30.3 Å². The molecule has 0 saturated heterocycles. The molecule has 0 aliphatic carbocycles. The van der Waals surface area contributed by atoms with Gasteiger partial charge in [0.25, 0.3) is 5.91 Å². The van der Waals surface area contributed by atoms with Gasteiger partial charge in [0.15, 0.2) is 12.0 Å². The van der Waals surface area contributed by atoms with Gasteiger partial charge in [0.2, 0.25) is 0 Å². The van der Waals surface area contributed by atoms with Gasteiger partial charge in [-0.2, -0.15) is 0 Å². The van der Waals surface area contributed by atoms with Crippen molar-refractivity contribution in [3.8, 4) is 5.75 Å². The Bertz CT molecular complexity index is 707. The third kappa shape index (κ3) is 10.8. The van der Waals surface area contributed by atoms with Gasteiger partial charge in [-0.3, -0.25) is 9.59 Å². The van der Waals surface area contributed by atoms with Crippen LogP contribution in [-0.4, -0.2) is 64.0 Å². The smallest absolute Gasteiger partial charge is 0.251 e. The summed E-state index contributed by atoms with van der Waals surface area (Å²) in [7, 11) is 0. The molecule has 0 bridgehead atoms. The fourth-order valence-corrected chi connectivity index (χ4v) is 2.19. The van der Waals surface area contributed by atoms with Crippen molar-refractivity contribution in [3.05, 3.63) is 40.3 Å². The third-order valence-corrected chi connectivity index (χ3v) is 3.93. The zero-order valence-corrected chi connectivity index (χ0v) is 17.8. The summed E-state index contributed by atoms with van der Waals surface area (Å²) in [5.74, 6) is 0.181. The van der Waals surface area contributed by atoms with Crippen molar-refractivity contribution in [2.45, 2.75) is 27.0 Å². The number of hydrogen-bond donors (Lipinski definition) is 2. The van der Waals surface area contributed by atoms with Gasteiger partial charge < -0.3 is 24.8 Å². The van der Waals surface area contributed by atoms with E-state index < -0.39 is 6.23 Å². The van der Waals surface area contributed by atoms with E-state index in [0.29, 0.717) is 24.4 Å². The summed E-state index contributed by atoms with van der Waals surface area (Å²) in [6.45, 7) is 8.00. The number of azide groups is 1. The number of nitrogens with one attached hydrogen (secondary N) is 2. The van der Waals surface area contributed by atoms with E-state index in [4.69, 9.17) is 19.7 Å². The Morgan fingerprint density at radius 3 is 2.73 bits per heavy atom. The SMILES string of the molecule is CCNCCNC(=O)c1cccc(OCC(N=[N+]=[N-])OCCOCC(=O)C(C)C)c1. The maximum absolute atomic E-state index is 12.2. The van der Waals surface area contributed by atoms with E-state index in [9.17, 15) is 9.59 Å². The monoisotopic (exact) mass is 421 g/mol. The second-order valence-electron chi connectivity index (χ2n) is 6.65. The number of carbonyl (C=O) groups is 2. The van der Waals surface area contributed by atoms with Crippen LogP contribution >= 0.6 is 0 Å². The van der Waals surface area contributed by atoms with E-state index in [1.807, 2.05) is 6.92 Å². The van der Waals surface area contributed by atoms with Crippen LogP contribution in [0.2, 0.25) is 0 Å². The van der Waals surface area contributed by atoms with E-state index in [2.05, 4.69) is 20.7 Å². The van der Waals surface area contributed by atoms with Crippen molar-refractivity contribution in [2.75, 3.05) is 46.1 Å². The Kier molecular flexibility index (Phi) is 12.9. The van der Waals surface area contributed by atoms with Gasteiger partial charge in [0, 0.05) is 29.5 Å². The summed E-state index contributed by atoms with van der Waals surface area (Å²) in [6, 6.07) is 6.70. The Morgan fingerprint density at radius 1 is 1.23 bits per heavy atom. The van der Waals surface area contributed by atoms with Crippen LogP contribution in [0.25, 0.3) is 10.4 Å². The van der Waals surface area contributed by atoms with Crippen LogP contribution in [0.1, 0.15) is 31.1 Å². The average Bonchev–Trinajstić information content (AvgIpc) is 2.74. The molecule has 0 heterocycles. The van der Waals surface area contributed by atoms with Crippen molar-refractivity contribution < 1.29 is 23.8 Å². The number of carbonyl (C=O) groups excluding carboxylic acids is 2. The standard InChI is InChI=1S/C20H31N5O5/c1-4-22-8-9-23-20(27)16-6-5-7-17(12-16)30-14-19(24-25-21)29-11-10-28-13-18(26)15(2)3/h5-7,12,15,19,22H,4,8-11,13-14H2,1-3H3,(H,23,27). The first-order chi connectivity index (χ1) is 14.5. The van der Waals surface area contributed by atoms with Gasteiger partial charge >= 0.3 is 0 Å². The highest BCUT2D eigenvalue weighted by molar-refractivity contribution is 5.94. The van der Waals surface area contributed by atoms with E-state index in [-0.39, 0.29) is 44.0 Å². The maximum atomic E-state index is 12.2. The molecular formula is C20H31N5O5. The topological polar surface area (TPSA) is 135 Å².